The number of carbonyl (C=O) groups is 2. The van der Waals surface area contributed by atoms with Crippen LogP contribution in [-0.4, -0.2) is 47.5 Å². The van der Waals surface area contributed by atoms with Crippen LogP contribution in [0.4, 0.5) is 11.4 Å². The van der Waals surface area contributed by atoms with Crippen molar-refractivity contribution in [3.05, 3.63) is 78.4 Å². The Balaban J connectivity index is 1.92. The van der Waals surface area contributed by atoms with E-state index in [-0.39, 0.29) is 33.7 Å². The van der Waals surface area contributed by atoms with E-state index in [0.717, 1.165) is 4.31 Å². The molecule has 0 atom stereocenters. The SMILES string of the molecule is COc1ccc(S(=O)(=O)N(CC(=O)Nc2ccccc2C(=O)NCC(C)C)c2ccccc2)cc1OC. The van der Waals surface area contributed by atoms with Gasteiger partial charge >= 0.3 is 0 Å². The van der Waals surface area contributed by atoms with Crippen LogP contribution in [0.3, 0.4) is 0 Å². The molecule has 0 aliphatic heterocycles. The highest BCUT2D eigenvalue weighted by atomic mass is 32.2. The summed E-state index contributed by atoms with van der Waals surface area (Å²) in [6, 6.07) is 19.1. The van der Waals surface area contributed by atoms with Gasteiger partial charge < -0.3 is 20.1 Å². The zero-order chi connectivity index (χ0) is 27.0. The fourth-order valence-electron chi connectivity index (χ4n) is 3.52. The topological polar surface area (TPSA) is 114 Å². The highest BCUT2D eigenvalue weighted by molar-refractivity contribution is 7.92. The van der Waals surface area contributed by atoms with E-state index in [9.17, 15) is 18.0 Å². The number of methoxy groups -OCH3 is 2. The van der Waals surface area contributed by atoms with Gasteiger partial charge in [-0.1, -0.05) is 44.2 Å². The van der Waals surface area contributed by atoms with Crippen LogP contribution in [0.15, 0.2) is 77.7 Å². The third kappa shape index (κ3) is 6.79. The summed E-state index contributed by atoms with van der Waals surface area (Å²) in [7, 11) is -1.33. The molecule has 0 fully saturated rings. The third-order valence-electron chi connectivity index (χ3n) is 5.39. The number of nitrogens with zero attached hydrogens (tertiary/aromatic N) is 1. The van der Waals surface area contributed by atoms with Gasteiger partial charge in [-0.3, -0.25) is 13.9 Å². The molecule has 0 aliphatic carbocycles. The number of hydrogen-bond donors (Lipinski definition) is 2. The van der Waals surface area contributed by atoms with Crippen molar-refractivity contribution >= 4 is 33.2 Å². The van der Waals surface area contributed by atoms with Crippen molar-refractivity contribution < 1.29 is 27.5 Å². The monoisotopic (exact) mass is 525 g/mol. The Morgan fingerprint density at radius 1 is 0.892 bits per heavy atom. The number of rotatable bonds is 11. The summed E-state index contributed by atoms with van der Waals surface area (Å²) < 4.78 is 38.9. The van der Waals surface area contributed by atoms with Crippen LogP contribution in [-0.2, 0) is 14.8 Å². The smallest absolute Gasteiger partial charge is 0.264 e. The van der Waals surface area contributed by atoms with Gasteiger partial charge in [0.15, 0.2) is 11.5 Å². The number of hydrogen-bond acceptors (Lipinski definition) is 6. The van der Waals surface area contributed by atoms with Gasteiger partial charge in [0.05, 0.1) is 36.1 Å². The van der Waals surface area contributed by atoms with Crippen molar-refractivity contribution in [3.63, 3.8) is 0 Å². The molecule has 0 radical (unpaired) electrons. The summed E-state index contributed by atoms with van der Waals surface area (Å²) in [5.74, 6) is -0.0772. The molecule has 3 rings (SSSR count). The van der Waals surface area contributed by atoms with Crippen LogP contribution in [0, 0.1) is 5.92 Å². The van der Waals surface area contributed by atoms with Crippen LogP contribution in [0.1, 0.15) is 24.2 Å². The number of amides is 2. The summed E-state index contributed by atoms with van der Waals surface area (Å²) in [6.45, 7) is 3.91. The molecule has 2 amide bonds. The Kier molecular flexibility index (Phi) is 9.13. The molecule has 0 saturated carbocycles. The van der Waals surface area contributed by atoms with E-state index in [2.05, 4.69) is 10.6 Å². The molecular formula is C27H31N3O6S. The molecule has 0 saturated heterocycles. The number of carbonyl (C=O) groups excluding carboxylic acids is 2. The second-order valence-electron chi connectivity index (χ2n) is 8.56. The number of ether oxygens (including phenoxy) is 2. The van der Waals surface area contributed by atoms with Gasteiger partial charge in [-0.15, -0.1) is 0 Å². The van der Waals surface area contributed by atoms with E-state index in [1.807, 2.05) is 13.8 Å². The molecular weight excluding hydrogens is 494 g/mol. The molecule has 2 N–H and O–H groups in total. The van der Waals surface area contributed by atoms with Gasteiger partial charge in [-0.25, -0.2) is 8.42 Å². The minimum absolute atomic E-state index is 0.0738. The van der Waals surface area contributed by atoms with E-state index in [0.29, 0.717) is 18.0 Å². The summed E-state index contributed by atoms with van der Waals surface area (Å²) in [6.07, 6.45) is 0. The molecule has 0 aliphatic rings. The predicted octanol–water partition coefficient (Wildman–Crippen LogP) is 3.92. The zero-order valence-electron chi connectivity index (χ0n) is 21.2. The first-order valence-electron chi connectivity index (χ1n) is 11.6. The molecule has 0 bridgehead atoms. The van der Waals surface area contributed by atoms with Crippen molar-refractivity contribution in [2.75, 3.05) is 36.9 Å². The minimum atomic E-state index is -4.19. The van der Waals surface area contributed by atoms with Gasteiger partial charge in [0.2, 0.25) is 5.91 Å². The lowest BCUT2D eigenvalue weighted by Gasteiger charge is -2.24. The highest BCUT2D eigenvalue weighted by Crippen LogP contribution is 2.32. The maximum atomic E-state index is 13.7. The number of sulfonamides is 1. The van der Waals surface area contributed by atoms with Crippen LogP contribution in [0.25, 0.3) is 0 Å². The van der Waals surface area contributed by atoms with Crippen LogP contribution in [0.2, 0.25) is 0 Å². The summed E-state index contributed by atoms with van der Waals surface area (Å²) in [4.78, 5) is 25.7. The molecule has 0 aromatic heterocycles. The van der Waals surface area contributed by atoms with Gasteiger partial charge in [0.1, 0.15) is 6.54 Å². The zero-order valence-corrected chi connectivity index (χ0v) is 22.0. The van der Waals surface area contributed by atoms with Crippen LogP contribution < -0.4 is 24.4 Å². The van der Waals surface area contributed by atoms with Crippen molar-refractivity contribution in [2.45, 2.75) is 18.7 Å². The number of nitrogens with one attached hydrogen (secondary N) is 2. The minimum Gasteiger partial charge on any atom is -0.493 e. The lowest BCUT2D eigenvalue weighted by Crippen LogP contribution is -2.38. The van der Waals surface area contributed by atoms with Gasteiger partial charge in [-0.05, 0) is 42.3 Å². The van der Waals surface area contributed by atoms with E-state index >= 15 is 0 Å². The highest BCUT2D eigenvalue weighted by Gasteiger charge is 2.28. The van der Waals surface area contributed by atoms with E-state index < -0.39 is 22.5 Å². The molecule has 37 heavy (non-hydrogen) atoms. The van der Waals surface area contributed by atoms with Gasteiger partial charge in [0, 0.05) is 12.6 Å². The van der Waals surface area contributed by atoms with E-state index in [1.54, 1.807) is 54.6 Å². The Labute approximate surface area is 217 Å². The molecule has 0 unspecified atom stereocenters. The standard InChI is InChI=1S/C27H31N3O6S/c1-19(2)17-28-27(32)22-12-8-9-13-23(22)29-26(31)18-30(20-10-6-5-7-11-20)37(33,34)21-14-15-24(35-3)25(16-21)36-4/h5-16,19H,17-18H2,1-4H3,(H,28,32)(H,29,31). The van der Waals surface area contributed by atoms with Gasteiger partial charge in [-0.2, -0.15) is 0 Å². The molecule has 10 heteroatoms. The van der Waals surface area contributed by atoms with Crippen molar-refractivity contribution in [1.29, 1.82) is 0 Å². The van der Waals surface area contributed by atoms with Crippen molar-refractivity contribution in [3.8, 4) is 11.5 Å². The second-order valence-corrected chi connectivity index (χ2v) is 10.4. The quantitative estimate of drug-likeness (QED) is 0.392. The predicted molar refractivity (Wildman–Crippen MR) is 143 cm³/mol. The summed E-state index contributed by atoms with van der Waals surface area (Å²) >= 11 is 0. The molecule has 196 valence electrons. The van der Waals surface area contributed by atoms with E-state index in [1.165, 1.54) is 32.4 Å². The molecule has 0 spiro atoms. The van der Waals surface area contributed by atoms with E-state index in [4.69, 9.17) is 9.47 Å². The van der Waals surface area contributed by atoms with Crippen molar-refractivity contribution in [2.24, 2.45) is 5.92 Å². The maximum Gasteiger partial charge on any atom is 0.264 e. The Hall–Kier alpha value is -4.05. The molecule has 9 nitrogen and oxygen atoms in total. The molecule has 3 aromatic rings. The van der Waals surface area contributed by atoms with Crippen LogP contribution in [0.5, 0.6) is 11.5 Å². The summed E-state index contributed by atoms with van der Waals surface area (Å²) in [5, 5.41) is 5.52. The first-order chi connectivity index (χ1) is 17.7. The second kappa shape index (κ2) is 12.3. The third-order valence-corrected chi connectivity index (χ3v) is 7.16. The first-order valence-corrected chi connectivity index (χ1v) is 13.1. The van der Waals surface area contributed by atoms with Gasteiger partial charge in [0.25, 0.3) is 15.9 Å². The summed E-state index contributed by atoms with van der Waals surface area (Å²) in [5.41, 5.74) is 0.867. The number of anilines is 2. The van der Waals surface area contributed by atoms with Crippen molar-refractivity contribution in [1.82, 2.24) is 5.32 Å². The molecule has 0 heterocycles. The average Bonchev–Trinajstić information content (AvgIpc) is 2.90. The van der Waals surface area contributed by atoms with Crippen LogP contribution >= 0.6 is 0 Å². The number of para-hydroxylation sites is 2. The normalized spacial score (nSPS) is 11.1. The number of benzene rings is 3. The fourth-order valence-corrected chi connectivity index (χ4v) is 4.95. The Morgan fingerprint density at radius 2 is 1.54 bits per heavy atom. The largest absolute Gasteiger partial charge is 0.493 e. The average molecular weight is 526 g/mol. The lowest BCUT2D eigenvalue weighted by atomic mass is 10.1. The Bertz CT molecular complexity index is 1340. The maximum absolute atomic E-state index is 13.7. The lowest BCUT2D eigenvalue weighted by molar-refractivity contribution is -0.114. The first kappa shape index (κ1) is 27.5. The Morgan fingerprint density at radius 3 is 2.19 bits per heavy atom. The molecule has 3 aromatic carbocycles. The fraction of sp³-hybridized carbons (Fsp3) is 0.259.